The van der Waals surface area contributed by atoms with Crippen molar-refractivity contribution in [2.24, 2.45) is 4.99 Å². The summed E-state index contributed by atoms with van der Waals surface area (Å²) in [4.78, 5) is 4.76. The molecule has 0 spiro atoms. The molecule has 1 fully saturated rings. The van der Waals surface area contributed by atoms with Crippen molar-refractivity contribution >= 4 is 28.5 Å². The number of hydrogen-bond donors (Lipinski definition) is 1. The molecule has 4 heteroatoms. The average molecular weight is 379 g/mol. The summed E-state index contributed by atoms with van der Waals surface area (Å²) < 4.78 is 0. The zero-order valence-corrected chi connectivity index (χ0v) is 18.0. The molecule has 0 bridgehead atoms. The smallest absolute Gasteiger partial charge is 0.0879 e. The molecule has 0 radical (unpaired) electrons. The molecule has 150 valence electrons. The summed E-state index contributed by atoms with van der Waals surface area (Å²) in [5, 5.41) is 4.86. The van der Waals surface area contributed by atoms with Gasteiger partial charge in [-0.2, -0.15) is 0 Å². The second-order valence-corrected chi connectivity index (χ2v) is 7.94. The lowest BCUT2D eigenvalue weighted by atomic mass is 10.1. The maximum Gasteiger partial charge on any atom is 0.0879 e. The van der Waals surface area contributed by atoms with E-state index in [4.69, 9.17) is 10.7 Å². The Morgan fingerprint density at radius 3 is 2.61 bits per heavy atom. The third kappa shape index (κ3) is 4.39. The maximum absolute atomic E-state index is 6.24. The third-order valence-electron chi connectivity index (χ3n) is 5.63. The van der Waals surface area contributed by atoms with Gasteiger partial charge in [0.05, 0.1) is 22.7 Å². The number of benzene rings is 2. The van der Waals surface area contributed by atoms with Crippen molar-refractivity contribution in [2.45, 2.75) is 66.3 Å². The molecule has 1 heterocycles. The molecule has 2 N–H and O–H groups in total. The number of nitrogens with two attached hydrogens (primary N) is 1. The number of rotatable bonds is 6. The Morgan fingerprint density at radius 1 is 1.18 bits per heavy atom. The molecule has 28 heavy (non-hydrogen) atoms. The van der Waals surface area contributed by atoms with Gasteiger partial charge in [0.25, 0.3) is 0 Å². The van der Waals surface area contributed by atoms with E-state index in [-0.39, 0.29) is 0 Å². The zero-order chi connectivity index (χ0) is 20.3. The van der Waals surface area contributed by atoms with Crippen molar-refractivity contribution in [1.29, 1.82) is 0 Å². The van der Waals surface area contributed by atoms with E-state index < -0.39 is 0 Å². The number of aliphatic imine (C=N–C) groups is 1. The molecular formula is C24H34N4. The van der Waals surface area contributed by atoms with E-state index in [1.807, 2.05) is 6.07 Å². The lowest BCUT2D eigenvalue weighted by Crippen LogP contribution is -2.41. The lowest BCUT2D eigenvalue weighted by Gasteiger charge is -2.37. The second-order valence-electron chi connectivity index (χ2n) is 7.94. The molecular weight excluding hydrogens is 344 g/mol. The number of nitrogens with zero attached hydrogens (tertiary/aromatic N) is 3. The highest BCUT2D eigenvalue weighted by molar-refractivity contribution is 5.87. The van der Waals surface area contributed by atoms with Gasteiger partial charge in [0.15, 0.2) is 0 Å². The highest BCUT2D eigenvalue weighted by Gasteiger charge is 2.28. The standard InChI is InChI=1S/C24H34N4/c1-6-18(4)26-24-16-21(10-11-23(24)25)28(27-12-8-9-19(27)5)22-14-17(3)13-20(7-2)15-22/h10-11,13-16,19H,6-9,12,25H2,1-5H3. The summed E-state index contributed by atoms with van der Waals surface area (Å²) in [6, 6.07) is 13.6. The minimum Gasteiger partial charge on any atom is -0.397 e. The number of aryl methyl sites for hydroxylation is 2. The molecule has 1 aliphatic heterocycles. The number of hydrazine groups is 1. The van der Waals surface area contributed by atoms with Crippen molar-refractivity contribution in [3.05, 3.63) is 47.5 Å². The van der Waals surface area contributed by atoms with Crippen LogP contribution in [0.2, 0.25) is 0 Å². The first-order chi connectivity index (χ1) is 13.4. The Balaban J connectivity index is 2.13. The van der Waals surface area contributed by atoms with Gasteiger partial charge in [0.1, 0.15) is 0 Å². The summed E-state index contributed by atoms with van der Waals surface area (Å²) >= 11 is 0. The molecule has 0 saturated carbocycles. The number of anilines is 3. The lowest BCUT2D eigenvalue weighted by molar-refractivity contribution is 0.273. The second kappa shape index (κ2) is 8.78. The molecule has 2 aromatic carbocycles. The van der Waals surface area contributed by atoms with Crippen LogP contribution in [0.15, 0.2) is 41.4 Å². The molecule has 0 aliphatic carbocycles. The van der Waals surface area contributed by atoms with Gasteiger partial charge in [0.2, 0.25) is 0 Å². The Morgan fingerprint density at radius 2 is 1.96 bits per heavy atom. The van der Waals surface area contributed by atoms with Crippen LogP contribution in [0.25, 0.3) is 0 Å². The van der Waals surface area contributed by atoms with Crippen LogP contribution in [-0.4, -0.2) is 23.3 Å². The molecule has 1 atom stereocenters. The number of hydrogen-bond acceptors (Lipinski definition) is 4. The van der Waals surface area contributed by atoms with E-state index >= 15 is 0 Å². The van der Waals surface area contributed by atoms with Crippen LogP contribution in [0.4, 0.5) is 22.7 Å². The molecule has 2 aromatic rings. The van der Waals surface area contributed by atoms with Gasteiger partial charge in [-0.15, -0.1) is 0 Å². The summed E-state index contributed by atoms with van der Waals surface area (Å²) in [6.07, 6.45) is 4.40. The average Bonchev–Trinajstić information content (AvgIpc) is 3.09. The molecule has 1 aliphatic rings. The van der Waals surface area contributed by atoms with Gasteiger partial charge in [-0.1, -0.05) is 19.9 Å². The predicted octanol–water partition coefficient (Wildman–Crippen LogP) is 6.18. The summed E-state index contributed by atoms with van der Waals surface area (Å²) in [6.45, 7) is 11.9. The van der Waals surface area contributed by atoms with Gasteiger partial charge < -0.3 is 5.73 Å². The van der Waals surface area contributed by atoms with E-state index in [0.717, 1.165) is 42.2 Å². The minimum atomic E-state index is 0.507. The van der Waals surface area contributed by atoms with Gasteiger partial charge in [-0.3, -0.25) is 10.0 Å². The Kier molecular flexibility index (Phi) is 6.40. The first-order valence-corrected chi connectivity index (χ1v) is 10.5. The fourth-order valence-electron chi connectivity index (χ4n) is 3.87. The quantitative estimate of drug-likeness (QED) is 0.482. The van der Waals surface area contributed by atoms with Gasteiger partial charge in [-0.05, 0) is 87.9 Å². The molecule has 1 unspecified atom stereocenters. The largest absolute Gasteiger partial charge is 0.397 e. The van der Waals surface area contributed by atoms with Crippen LogP contribution >= 0.6 is 0 Å². The minimum absolute atomic E-state index is 0.507. The van der Waals surface area contributed by atoms with Crippen molar-refractivity contribution in [3.63, 3.8) is 0 Å². The predicted molar refractivity (Wildman–Crippen MR) is 122 cm³/mol. The monoisotopic (exact) mass is 378 g/mol. The van der Waals surface area contributed by atoms with Crippen LogP contribution in [0.3, 0.4) is 0 Å². The van der Waals surface area contributed by atoms with E-state index in [9.17, 15) is 0 Å². The summed E-state index contributed by atoms with van der Waals surface area (Å²) in [5.41, 5.74) is 13.9. The third-order valence-corrected chi connectivity index (χ3v) is 5.63. The van der Waals surface area contributed by atoms with Crippen LogP contribution in [-0.2, 0) is 6.42 Å². The van der Waals surface area contributed by atoms with Crippen molar-refractivity contribution in [2.75, 3.05) is 17.3 Å². The first-order valence-electron chi connectivity index (χ1n) is 10.5. The fourth-order valence-corrected chi connectivity index (χ4v) is 3.87. The van der Waals surface area contributed by atoms with Crippen molar-refractivity contribution in [3.8, 4) is 0 Å². The van der Waals surface area contributed by atoms with Gasteiger partial charge in [-0.25, -0.2) is 5.01 Å². The van der Waals surface area contributed by atoms with Crippen LogP contribution in [0, 0.1) is 6.92 Å². The highest BCUT2D eigenvalue weighted by Crippen LogP contribution is 2.37. The SMILES string of the molecule is CCC(C)=Nc1cc(N(c2cc(C)cc(CC)c2)N2CCCC2C)ccc1N. The van der Waals surface area contributed by atoms with Crippen molar-refractivity contribution in [1.82, 2.24) is 5.01 Å². The fraction of sp³-hybridized carbons (Fsp3) is 0.458. The number of nitrogen functional groups attached to an aromatic ring is 1. The van der Waals surface area contributed by atoms with Gasteiger partial charge >= 0.3 is 0 Å². The highest BCUT2D eigenvalue weighted by atomic mass is 15.6. The first kappa shape index (κ1) is 20.4. The Hall–Kier alpha value is -2.33. The van der Waals surface area contributed by atoms with Crippen LogP contribution < -0.4 is 10.7 Å². The molecule has 1 saturated heterocycles. The van der Waals surface area contributed by atoms with Gasteiger partial charge in [0, 0.05) is 18.3 Å². The maximum atomic E-state index is 6.24. The molecule has 3 rings (SSSR count). The topological polar surface area (TPSA) is 44.9 Å². The van der Waals surface area contributed by atoms with Crippen molar-refractivity contribution < 1.29 is 0 Å². The normalized spacial score (nSPS) is 17.9. The van der Waals surface area contributed by atoms with Crippen LogP contribution in [0.5, 0.6) is 0 Å². The molecule has 0 amide bonds. The Bertz CT molecular complexity index is 856. The molecule has 0 aromatic heterocycles. The zero-order valence-electron chi connectivity index (χ0n) is 18.0. The Labute approximate surface area is 170 Å². The summed E-state index contributed by atoms with van der Waals surface area (Å²) in [7, 11) is 0. The summed E-state index contributed by atoms with van der Waals surface area (Å²) in [5.74, 6) is 0. The van der Waals surface area contributed by atoms with E-state index in [1.54, 1.807) is 0 Å². The van der Waals surface area contributed by atoms with Crippen LogP contribution in [0.1, 0.15) is 58.1 Å². The van der Waals surface area contributed by atoms with E-state index in [0.29, 0.717) is 6.04 Å². The molecule has 4 nitrogen and oxygen atoms in total. The van der Waals surface area contributed by atoms with E-state index in [2.05, 4.69) is 75.0 Å². The van der Waals surface area contributed by atoms with E-state index in [1.165, 1.54) is 29.7 Å².